The zero-order valence-electron chi connectivity index (χ0n) is 14.3. The summed E-state index contributed by atoms with van der Waals surface area (Å²) in [5.74, 6) is 1.31. The van der Waals surface area contributed by atoms with E-state index < -0.39 is 5.60 Å². The predicted molar refractivity (Wildman–Crippen MR) is 96.3 cm³/mol. The van der Waals surface area contributed by atoms with Gasteiger partial charge in [0.05, 0.1) is 6.20 Å². The van der Waals surface area contributed by atoms with Crippen LogP contribution in [0.5, 0.6) is 0 Å². The summed E-state index contributed by atoms with van der Waals surface area (Å²) in [4.78, 5) is 14.3. The molecule has 0 radical (unpaired) electrons. The van der Waals surface area contributed by atoms with E-state index >= 15 is 0 Å². The highest BCUT2D eigenvalue weighted by atomic mass is 35.5. The van der Waals surface area contributed by atoms with Gasteiger partial charge in [-0.3, -0.25) is 0 Å². The van der Waals surface area contributed by atoms with Gasteiger partial charge in [-0.05, 0) is 37.5 Å². The van der Waals surface area contributed by atoms with Gasteiger partial charge in [0.2, 0.25) is 5.95 Å². The van der Waals surface area contributed by atoms with Crippen molar-refractivity contribution in [2.45, 2.75) is 25.9 Å². The number of aromatic nitrogens is 4. The van der Waals surface area contributed by atoms with E-state index in [2.05, 4.69) is 20.1 Å². The number of nitrogen functional groups attached to an aromatic ring is 1. The van der Waals surface area contributed by atoms with Crippen LogP contribution in [0.25, 0.3) is 0 Å². The van der Waals surface area contributed by atoms with Gasteiger partial charge >= 0.3 is 0 Å². The van der Waals surface area contributed by atoms with Gasteiger partial charge in [0.1, 0.15) is 5.02 Å². The van der Waals surface area contributed by atoms with Gasteiger partial charge in [-0.25, -0.2) is 4.98 Å². The molecule has 3 N–H and O–H groups in total. The molecule has 134 valence electrons. The number of hydrogen-bond acceptors (Lipinski definition) is 8. The van der Waals surface area contributed by atoms with E-state index in [1.165, 1.54) is 6.20 Å². The number of anilines is 3. The Bertz CT molecular complexity index is 987. The normalized spacial score (nSPS) is 15.8. The summed E-state index contributed by atoms with van der Waals surface area (Å²) in [6.45, 7) is 4.03. The molecular formula is C17H17ClN6O2. The summed E-state index contributed by atoms with van der Waals surface area (Å²) < 4.78 is 5.17. The van der Waals surface area contributed by atoms with Gasteiger partial charge in [-0.2, -0.15) is 9.97 Å². The second-order valence-corrected chi connectivity index (χ2v) is 6.77. The molecule has 0 bridgehead atoms. The summed E-state index contributed by atoms with van der Waals surface area (Å²) >= 11 is 6.27. The first-order chi connectivity index (χ1) is 12.4. The fourth-order valence-corrected chi connectivity index (χ4v) is 3.27. The molecule has 1 aliphatic heterocycles. The SMILES string of the molecule is Cc1noc(C(C)(O)c2ccc3c(c2)N(c2nc(N)ncc2Cl)CC3)n1. The first-order valence-electron chi connectivity index (χ1n) is 8.08. The molecule has 4 rings (SSSR count). The molecule has 0 aliphatic carbocycles. The molecular weight excluding hydrogens is 356 g/mol. The maximum atomic E-state index is 11.0. The van der Waals surface area contributed by atoms with E-state index in [-0.39, 0.29) is 11.8 Å². The largest absolute Gasteiger partial charge is 0.376 e. The quantitative estimate of drug-likeness (QED) is 0.720. The van der Waals surface area contributed by atoms with Crippen molar-refractivity contribution in [1.82, 2.24) is 20.1 Å². The standard InChI is InChI=1S/C17H17ClN6O2/c1-9-21-15(26-23-9)17(2,25)11-4-3-10-5-6-24(13(10)7-11)14-12(18)8-20-16(19)22-14/h3-4,7-8,25H,5-6H2,1-2H3,(H2,19,20,22). The second kappa shape index (κ2) is 5.93. The fraction of sp³-hybridized carbons (Fsp3) is 0.294. The molecule has 1 unspecified atom stereocenters. The Balaban J connectivity index is 1.78. The number of nitrogens with two attached hydrogens (primary N) is 1. The van der Waals surface area contributed by atoms with Crippen molar-refractivity contribution >= 4 is 29.1 Å². The van der Waals surface area contributed by atoms with Crippen LogP contribution in [0.3, 0.4) is 0 Å². The molecule has 0 saturated carbocycles. The number of rotatable bonds is 3. The minimum atomic E-state index is -1.42. The van der Waals surface area contributed by atoms with Crippen molar-refractivity contribution in [3.05, 3.63) is 52.3 Å². The first-order valence-corrected chi connectivity index (χ1v) is 8.46. The van der Waals surface area contributed by atoms with Crippen LogP contribution in [0.15, 0.2) is 28.9 Å². The zero-order valence-corrected chi connectivity index (χ0v) is 15.0. The van der Waals surface area contributed by atoms with Crippen LogP contribution in [0.1, 0.15) is 29.8 Å². The van der Waals surface area contributed by atoms with Crippen LogP contribution in [0, 0.1) is 6.92 Å². The van der Waals surface area contributed by atoms with E-state index in [1.807, 2.05) is 23.1 Å². The third kappa shape index (κ3) is 2.67. The van der Waals surface area contributed by atoms with Gasteiger partial charge < -0.3 is 20.3 Å². The lowest BCUT2D eigenvalue weighted by atomic mass is 9.94. The van der Waals surface area contributed by atoms with Crippen LogP contribution in [-0.4, -0.2) is 31.8 Å². The van der Waals surface area contributed by atoms with E-state index in [1.54, 1.807) is 13.8 Å². The maximum absolute atomic E-state index is 11.0. The number of aliphatic hydroxyl groups is 1. The van der Waals surface area contributed by atoms with E-state index in [0.717, 1.165) is 17.7 Å². The lowest BCUT2D eigenvalue weighted by Crippen LogP contribution is -2.24. The van der Waals surface area contributed by atoms with Gasteiger partial charge in [0.25, 0.3) is 5.89 Å². The van der Waals surface area contributed by atoms with E-state index in [4.69, 9.17) is 21.9 Å². The van der Waals surface area contributed by atoms with Crippen LogP contribution in [-0.2, 0) is 12.0 Å². The van der Waals surface area contributed by atoms with Crippen molar-refractivity contribution in [3.63, 3.8) is 0 Å². The van der Waals surface area contributed by atoms with Crippen molar-refractivity contribution in [2.75, 3.05) is 17.2 Å². The Labute approximate surface area is 154 Å². The number of hydrogen-bond donors (Lipinski definition) is 2. The summed E-state index contributed by atoms with van der Waals surface area (Å²) in [6.07, 6.45) is 2.32. The van der Waals surface area contributed by atoms with Gasteiger partial charge in [-0.1, -0.05) is 28.9 Å². The maximum Gasteiger partial charge on any atom is 0.262 e. The summed E-state index contributed by atoms with van der Waals surface area (Å²) in [5, 5.41) is 15.1. The molecule has 2 aromatic heterocycles. The van der Waals surface area contributed by atoms with Crippen LogP contribution in [0.4, 0.5) is 17.5 Å². The molecule has 3 aromatic rings. The van der Waals surface area contributed by atoms with Crippen LogP contribution < -0.4 is 10.6 Å². The highest BCUT2D eigenvalue weighted by molar-refractivity contribution is 6.33. The smallest absolute Gasteiger partial charge is 0.262 e. The van der Waals surface area contributed by atoms with Crippen LogP contribution in [0.2, 0.25) is 5.02 Å². The Hall–Kier alpha value is -2.71. The van der Waals surface area contributed by atoms with Crippen LogP contribution >= 0.6 is 11.6 Å². The molecule has 0 fully saturated rings. The Morgan fingerprint density at radius 1 is 1.35 bits per heavy atom. The number of halogens is 1. The fourth-order valence-electron chi connectivity index (χ4n) is 3.08. The minimum absolute atomic E-state index is 0.142. The van der Waals surface area contributed by atoms with Crippen molar-refractivity contribution in [3.8, 4) is 0 Å². The van der Waals surface area contributed by atoms with Gasteiger partial charge in [-0.15, -0.1) is 0 Å². The van der Waals surface area contributed by atoms with Crippen molar-refractivity contribution in [1.29, 1.82) is 0 Å². The molecule has 26 heavy (non-hydrogen) atoms. The van der Waals surface area contributed by atoms with E-state index in [9.17, 15) is 5.11 Å². The Morgan fingerprint density at radius 3 is 2.88 bits per heavy atom. The van der Waals surface area contributed by atoms with Gasteiger partial charge in [0, 0.05) is 12.2 Å². The molecule has 1 aromatic carbocycles. The number of fused-ring (bicyclic) bond motifs is 1. The second-order valence-electron chi connectivity index (χ2n) is 6.36. The number of aryl methyl sites for hydroxylation is 1. The summed E-state index contributed by atoms with van der Waals surface area (Å²) in [6, 6.07) is 5.72. The minimum Gasteiger partial charge on any atom is -0.376 e. The predicted octanol–water partition coefficient (Wildman–Crippen LogP) is 2.35. The zero-order chi connectivity index (χ0) is 18.5. The average Bonchev–Trinajstić information content (AvgIpc) is 3.23. The first kappa shape index (κ1) is 16.7. The van der Waals surface area contributed by atoms with E-state index in [0.29, 0.717) is 28.8 Å². The average molecular weight is 373 g/mol. The number of nitrogens with zero attached hydrogens (tertiary/aromatic N) is 5. The number of benzene rings is 1. The lowest BCUT2D eigenvalue weighted by Gasteiger charge is -2.23. The van der Waals surface area contributed by atoms with Crippen molar-refractivity contribution in [2.24, 2.45) is 0 Å². The summed E-state index contributed by atoms with van der Waals surface area (Å²) in [7, 11) is 0. The third-order valence-electron chi connectivity index (χ3n) is 4.49. The highest BCUT2D eigenvalue weighted by Crippen LogP contribution is 2.40. The molecule has 9 heteroatoms. The highest BCUT2D eigenvalue weighted by Gasteiger charge is 2.34. The monoisotopic (exact) mass is 372 g/mol. The molecule has 1 atom stereocenters. The Morgan fingerprint density at radius 2 is 2.15 bits per heavy atom. The topological polar surface area (TPSA) is 114 Å². The molecule has 8 nitrogen and oxygen atoms in total. The van der Waals surface area contributed by atoms with Crippen molar-refractivity contribution < 1.29 is 9.63 Å². The Kier molecular flexibility index (Phi) is 3.82. The lowest BCUT2D eigenvalue weighted by molar-refractivity contribution is 0.0638. The third-order valence-corrected chi connectivity index (χ3v) is 4.75. The molecule has 3 heterocycles. The molecule has 0 spiro atoms. The molecule has 0 saturated heterocycles. The summed E-state index contributed by atoms with van der Waals surface area (Å²) in [5.41, 5.74) is 6.96. The molecule has 0 amide bonds. The van der Waals surface area contributed by atoms with Gasteiger partial charge in [0.15, 0.2) is 17.2 Å². The molecule has 1 aliphatic rings.